The molecule has 0 saturated heterocycles. The molecule has 1 aromatic carbocycles. The topological polar surface area (TPSA) is 58.2 Å². The number of carbonyl (C=O) groups is 2. The summed E-state index contributed by atoms with van der Waals surface area (Å²) in [5.74, 6) is -0.980. The van der Waals surface area contributed by atoms with Gasteiger partial charge in [0.05, 0.1) is 10.7 Å². The fraction of sp³-hybridized carbons (Fsp3) is 0.500. The van der Waals surface area contributed by atoms with Gasteiger partial charge in [0.2, 0.25) is 0 Å². The van der Waals surface area contributed by atoms with Crippen LogP contribution in [0.2, 0.25) is 10.0 Å². The molecule has 122 valence electrons. The van der Waals surface area contributed by atoms with Crippen LogP contribution in [0.3, 0.4) is 0 Å². The van der Waals surface area contributed by atoms with Gasteiger partial charge in [-0.15, -0.1) is 0 Å². The van der Waals surface area contributed by atoms with E-state index < -0.39 is 11.8 Å². The molecule has 0 unspecified atom stereocenters. The van der Waals surface area contributed by atoms with Crippen molar-refractivity contribution in [1.82, 2.24) is 5.32 Å². The van der Waals surface area contributed by atoms with Crippen molar-refractivity contribution in [3.05, 3.63) is 28.2 Å². The van der Waals surface area contributed by atoms with Crippen LogP contribution in [0.1, 0.15) is 39.5 Å². The zero-order valence-corrected chi connectivity index (χ0v) is 14.4. The van der Waals surface area contributed by atoms with Gasteiger partial charge in [-0.2, -0.15) is 0 Å². The van der Waals surface area contributed by atoms with Gasteiger partial charge in [-0.3, -0.25) is 9.59 Å². The Morgan fingerprint density at radius 3 is 2.50 bits per heavy atom. The van der Waals surface area contributed by atoms with Gasteiger partial charge in [0.25, 0.3) is 0 Å². The van der Waals surface area contributed by atoms with E-state index in [0.717, 1.165) is 25.7 Å². The maximum atomic E-state index is 11.8. The maximum Gasteiger partial charge on any atom is 0.313 e. The highest BCUT2D eigenvalue weighted by Gasteiger charge is 2.16. The smallest absolute Gasteiger partial charge is 0.313 e. The van der Waals surface area contributed by atoms with E-state index in [1.54, 1.807) is 12.1 Å². The van der Waals surface area contributed by atoms with Crippen LogP contribution in [-0.4, -0.2) is 18.4 Å². The summed E-state index contributed by atoms with van der Waals surface area (Å²) in [6.45, 7) is 4.73. The molecule has 0 heterocycles. The highest BCUT2D eigenvalue weighted by molar-refractivity contribution is 6.42. The lowest BCUT2D eigenvalue weighted by atomic mass is 9.99. The molecule has 0 aliphatic heterocycles. The highest BCUT2D eigenvalue weighted by Crippen LogP contribution is 2.25. The number of benzene rings is 1. The maximum absolute atomic E-state index is 11.8. The van der Waals surface area contributed by atoms with Crippen LogP contribution < -0.4 is 10.6 Å². The quantitative estimate of drug-likeness (QED) is 0.725. The van der Waals surface area contributed by atoms with Crippen molar-refractivity contribution in [3.8, 4) is 0 Å². The normalized spacial score (nSPS) is 11.8. The molecule has 0 aliphatic carbocycles. The number of hydrogen-bond donors (Lipinski definition) is 2. The number of carbonyl (C=O) groups excluding carboxylic acids is 2. The van der Waals surface area contributed by atoms with Gasteiger partial charge in [-0.05, 0) is 30.5 Å². The minimum absolute atomic E-state index is 0.294. The molecular formula is C16H22Cl2N2O2. The van der Waals surface area contributed by atoms with Crippen molar-refractivity contribution in [2.75, 3.05) is 11.9 Å². The van der Waals surface area contributed by atoms with E-state index in [-0.39, 0.29) is 0 Å². The van der Waals surface area contributed by atoms with Crippen LogP contribution in [0.4, 0.5) is 5.69 Å². The zero-order chi connectivity index (χ0) is 16.5. The van der Waals surface area contributed by atoms with Crippen LogP contribution in [0, 0.1) is 5.92 Å². The second-order valence-electron chi connectivity index (χ2n) is 5.20. The molecule has 1 rings (SSSR count). The summed E-state index contributed by atoms with van der Waals surface area (Å²) in [5, 5.41) is 5.92. The first-order valence-corrected chi connectivity index (χ1v) is 8.27. The molecule has 0 saturated carbocycles. The van der Waals surface area contributed by atoms with E-state index in [1.165, 1.54) is 6.07 Å². The fourth-order valence-electron chi connectivity index (χ4n) is 2.03. The Bertz CT molecular complexity index is 521. The van der Waals surface area contributed by atoms with Crippen LogP contribution in [0.5, 0.6) is 0 Å². The second-order valence-corrected chi connectivity index (χ2v) is 6.05. The molecule has 0 bridgehead atoms. The van der Waals surface area contributed by atoms with Gasteiger partial charge in [-0.25, -0.2) is 0 Å². The first-order valence-electron chi connectivity index (χ1n) is 7.52. The molecule has 0 fully saturated rings. The lowest BCUT2D eigenvalue weighted by molar-refractivity contribution is -0.136. The first kappa shape index (κ1) is 18.8. The van der Waals surface area contributed by atoms with Gasteiger partial charge >= 0.3 is 11.8 Å². The third kappa shape index (κ3) is 6.24. The minimum Gasteiger partial charge on any atom is -0.348 e. The van der Waals surface area contributed by atoms with E-state index in [1.807, 2.05) is 0 Å². The standard InChI is InChI=1S/C16H22Cl2N2O2/c1-3-5-6-11(4-2)10-19-15(21)16(22)20-14-8-7-12(17)9-13(14)18/h7-9,11H,3-6,10H2,1-2H3,(H,19,21)(H,20,22)/t11-/m0/s1. The Morgan fingerprint density at radius 2 is 1.91 bits per heavy atom. The second kappa shape index (κ2) is 9.70. The summed E-state index contributed by atoms with van der Waals surface area (Å²) >= 11 is 11.7. The van der Waals surface area contributed by atoms with Crippen molar-refractivity contribution in [1.29, 1.82) is 0 Å². The van der Waals surface area contributed by atoms with Crippen molar-refractivity contribution in [2.45, 2.75) is 39.5 Å². The SMILES string of the molecule is CCCC[C@H](CC)CNC(=O)C(=O)Nc1ccc(Cl)cc1Cl. The lowest BCUT2D eigenvalue weighted by Gasteiger charge is -2.15. The minimum atomic E-state index is -0.727. The Kier molecular flexibility index (Phi) is 8.28. The van der Waals surface area contributed by atoms with Crippen LogP contribution in [0.25, 0.3) is 0 Å². The van der Waals surface area contributed by atoms with E-state index in [9.17, 15) is 9.59 Å². The third-order valence-electron chi connectivity index (χ3n) is 3.48. The summed E-state index contributed by atoms with van der Waals surface area (Å²) in [4.78, 5) is 23.7. The summed E-state index contributed by atoms with van der Waals surface area (Å²) in [6, 6.07) is 4.67. The first-order chi connectivity index (χ1) is 10.5. The van der Waals surface area contributed by atoms with Gasteiger partial charge in [0.15, 0.2) is 0 Å². The number of rotatable bonds is 7. The molecule has 6 heteroatoms. The molecule has 1 atom stereocenters. The molecule has 2 N–H and O–H groups in total. The number of hydrogen-bond acceptors (Lipinski definition) is 2. The van der Waals surface area contributed by atoms with Gasteiger partial charge in [0, 0.05) is 11.6 Å². The van der Waals surface area contributed by atoms with E-state index in [0.29, 0.717) is 28.2 Å². The predicted octanol–water partition coefficient (Wildman–Crippen LogP) is 4.26. The number of nitrogens with one attached hydrogen (secondary N) is 2. The van der Waals surface area contributed by atoms with Gasteiger partial charge in [0.1, 0.15) is 0 Å². The van der Waals surface area contributed by atoms with Crippen molar-refractivity contribution >= 4 is 40.7 Å². The summed E-state index contributed by atoms with van der Waals surface area (Å²) < 4.78 is 0. The average Bonchev–Trinajstić information content (AvgIpc) is 2.49. The van der Waals surface area contributed by atoms with E-state index in [2.05, 4.69) is 24.5 Å². The van der Waals surface area contributed by atoms with Crippen LogP contribution >= 0.6 is 23.2 Å². The molecule has 4 nitrogen and oxygen atoms in total. The zero-order valence-electron chi connectivity index (χ0n) is 12.9. The van der Waals surface area contributed by atoms with Crippen LogP contribution in [0.15, 0.2) is 18.2 Å². The van der Waals surface area contributed by atoms with Crippen LogP contribution in [-0.2, 0) is 9.59 Å². The van der Waals surface area contributed by atoms with Crippen molar-refractivity contribution in [2.24, 2.45) is 5.92 Å². The molecule has 1 aromatic rings. The number of amides is 2. The Hall–Kier alpha value is -1.26. The summed E-state index contributed by atoms with van der Waals surface area (Å²) in [6.07, 6.45) is 4.28. The van der Waals surface area contributed by atoms with Crippen molar-refractivity contribution in [3.63, 3.8) is 0 Å². The Balaban J connectivity index is 2.49. The lowest BCUT2D eigenvalue weighted by Crippen LogP contribution is -2.38. The molecule has 0 spiro atoms. The molecular weight excluding hydrogens is 323 g/mol. The summed E-state index contributed by atoms with van der Waals surface area (Å²) in [5.41, 5.74) is 0.365. The number of anilines is 1. The molecule has 0 radical (unpaired) electrons. The van der Waals surface area contributed by atoms with Gasteiger partial charge in [-0.1, -0.05) is 56.3 Å². The van der Waals surface area contributed by atoms with E-state index >= 15 is 0 Å². The number of unbranched alkanes of at least 4 members (excludes halogenated alkanes) is 1. The van der Waals surface area contributed by atoms with Crippen molar-refractivity contribution < 1.29 is 9.59 Å². The van der Waals surface area contributed by atoms with Gasteiger partial charge < -0.3 is 10.6 Å². The molecule has 0 aliphatic rings. The third-order valence-corrected chi connectivity index (χ3v) is 4.03. The monoisotopic (exact) mass is 344 g/mol. The number of halogens is 2. The van der Waals surface area contributed by atoms with E-state index in [4.69, 9.17) is 23.2 Å². The molecule has 22 heavy (non-hydrogen) atoms. The Labute approximate surface area is 141 Å². The average molecular weight is 345 g/mol. The Morgan fingerprint density at radius 1 is 1.18 bits per heavy atom. The largest absolute Gasteiger partial charge is 0.348 e. The molecule has 0 aromatic heterocycles. The highest BCUT2D eigenvalue weighted by atomic mass is 35.5. The molecule has 2 amide bonds. The fourth-order valence-corrected chi connectivity index (χ4v) is 2.49. The summed E-state index contributed by atoms with van der Waals surface area (Å²) in [7, 11) is 0. The predicted molar refractivity (Wildman–Crippen MR) is 91.4 cm³/mol.